The van der Waals surface area contributed by atoms with Crippen molar-refractivity contribution in [2.45, 2.75) is 64.3 Å². The molecule has 0 aromatic carbocycles. The average molecular weight is 270 g/mol. The second kappa shape index (κ2) is 6.09. The van der Waals surface area contributed by atoms with Crippen LogP contribution in [0.15, 0.2) is 0 Å². The van der Waals surface area contributed by atoms with E-state index in [4.69, 9.17) is 9.47 Å². The summed E-state index contributed by atoms with van der Waals surface area (Å²) in [6.45, 7) is 8.01. The summed E-state index contributed by atoms with van der Waals surface area (Å²) >= 11 is 0. The van der Waals surface area contributed by atoms with E-state index in [-0.39, 0.29) is 12.3 Å². The van der Waals surface area contributed by atoms with E-state index in [1.165, 1.54) is 6.42 Å². The number of nitrogens with one attached hydrogen (secondary N) is 1. The first-order valence-electron chi connectivity index (χ1n) is 7.29. The van der Waals surface area contributed by atoms with Crippen molar-refractivity contribution in [2.24, 2.45) is 0 Å². The van der Waals surface area contributed by atoms with Crippen molar-refractivity contribution in [1.82, 2.24) is 10.2 Å². The summed E-state index contributed by atoms with van der Waals surface area (Å²) < 4.78 is 11.1. The molecule has 0 spiro atoms. The molecule has 2 rings (SSSR count). The van der Waals surface area contributed by atoms with E-state index in [1.807, 2.05) is 20.8 Å². The molecule has 0 saturated carbocycles. The van der Waals surface area contributed by atoms with Gasteiger partial charge < -0.3 is 14.4 Å². The van der Waals surface area contributed by atoms with Crippen LogP contribution in [0, 0.1) is 0 Å². The first-order chi connectivity index (χ1) is 8.94. The fraction of sp³-hybridized carbons (Fsp3) is 0.929. The molecule has 5 heteroatoms. The third kappa shape index (κ3) is 4.66. The summed E-state index contributed by atoms with van der Waals surface area (Å²) in [6.07, 6.45) is 4.38. The maximum absolute atomic E-state index is 11.9. The van der Waals surface area contributed by atoms with Crippen molar-refractivity contribution < 1.29 is 14.3 Å². The number of hydrogen-bond acceptors (Lipinski definition) is 4. The smallest absolute Gasteiger partial charge is 0.410 e. The van der Waals surface area contributed by atoms with E-state index in [1.54, 1.807) is 4.90 Å². The maximum atomic E-state index is 11.9. The quantitative estimate of drug-likeness (QED) is 0.835. The molecule has 2 unspecified atom stereocenters. The summed E-state index contributed by atoms with van der Waals surface area (Å²) in [6, 6.07) is 0.329. The Kier molecular flexibility index (Phi) is 4.68. The summed E-state index contributed by atoms with van der Waals surface area (Å²) in [5.41, 5.74) is -0.422. The van der Waals surface area contributed by atoms with Gasteiger partial charge in [-0.1, -0.05) is 0 Å². The van der Waals surface area contributed by atoms with Gasteiger partial charge in [0.25, 0.3) is 0 Å². The second-order valence-electron chi connectivity index (χ2n) is 6.43. The number of nitrogens with zero attached hydrogens (tertiary/aromatic N) is 1. The molecule has 0 aromatic rings. The van der Waals surface area contributed by atoms with Crippen LogP contribution in [0.1, 0.15) is 46.5 Å². The highest BCUT2D eigenvalue weighted by Gasteiger charge is 2.31. The molecule has 1 amide bonds. The van der Waals surface area contributed by atoms with Gasteiger partial charge in [0.05, 0.1) is 0 Å². The van der Waals surface area contributed by atoms with E-state index in [9.17, 15) is 4.79 Å². The van der Waals surface area contributed by atoms with Crippen LogP contribution in [0.4, 0.5) is 4.79 Å². The normalized spacial score (nSPS) is 28.5. The Bertz CT molecular complexity index is 308. The van der Waals surface area contributed by atoms with E-state index in [2.05, 4.69) is 5.32 Å². The standard InChI is InChI=1S/C14H26N2O3/c1-14(2,3)19-13(17)16-8-7-11(10-16)15-12-6-4-5-9-18-12/h11-12,15H,4-10H2,1-3H3. The molecule has 0 aromatic heterocycles. The molecule has 2 fully saturated rings. The molecule has 1 N–H and O–H groups in total. The summed E-state index contributed by atoms with van der Waals surface area (Å²) in [5.74, 6) is 0. The lowest BCUT2D eigenvalue weighted by molar-refractivity contribution is -0.0123. The van der Waals surface area contributed by atoms with Gasteiger partial charge in [0, 0.05) is 25.7 Å². The number of likely N-dealkylation sites (tertiary alicyclic amines) is 1. The maximum Gasteiger partial charge on any atom is 0.410 e. The first kappa shape index (κ1) is 14.6. The van der Waals surface area contributed by atoms with Crippen LogP contribution in [-0.4, -0.2) is 48.6 Å². The molecule has 2 aliphatic rings. The van der Waals surface area contributed by atoms with Gasteiger partial charge in [-0.15, -0.1) is 0 Å². The Balaban J connectivity index is 1.74. The van der Waals surface area contributed by atoms with E-state index in [0.717, 1.165) is 39.0 Å². The predicted octanol–water partition coefficient (Wildman–Crippen LogP) is 2.11. The molecule has 2 aliphatic heterocycles. The third-order valence-electron chi connectivity index (χ3n) is 3.44. The van der Waals surface area contributed by atoms with Gasteiger partial charge >= 0.3 is 6.09 Å². The highest BCUT2D eigenvalue weighted by atomic mass is 16.6. The van der Waals surface area contributed by atoms with Gasteiger partial charge in [-0.2, -0.15) is 0 Å². The molecule has 0 radical (unpaired) electrons. The highest BCUT2D eigenvalue weighted by Crippen LogP contribution is 2.17. The van der Waals surface area contributed by atoms with E-state index < -0.39 is 5.60 Å². The molecular weight excluding hydrogens is 244 g/mol. The number of carbonyl (C=O) groups excluding carboxylic acids is 1. The Morgan fingerprint density at radius 1 is 1.32 bits per heavy atom. The minimum Gasteiger partial charge on any atom is -0.444 e. The molecule has 2 saturated heterocycles. The molecule has 110 valence electrons. The van der Waals surface area contributed by atoms with Crippen LogP contribution in [0.5, 0.6) is 0 Å². The lowest BCUT2D eigenvalue weighted by atomic mass is 10.1. The second-order valence-corrected chi connectivity index (χ2v) is 6.43. The Labute approximate surface area is 115 Å². The first-order valence-corrected chi connectivity index (χ1v) is 7.29. The molecule has 2 heterocycles. The monoisotopic (exact) mass is 270 g/mol. The van der Waals surface area contributed by atoms with Gasteiger partial charge in [0.2, 0.25) is 0 Å². The van der Waals surface area contributed by atoms with Crippen molar-refractivity contribution in [3.05, 3.63) is 0 Å². The van der Waals surface area contributed by atoms with Gasteiger partial charge in [-0.25, -0.2) is 4.79 Å². The number of carbonyl (C=O) groups is 1. The van der Waals surface area contributed by atoms with Gasteiger partial charge in [0.1, 0.15) is 11.8 Å². The predicted molar refractivity (Wildman–Crippen MR) is 72.9 cm³/mol. The van der Waals surface area contributed by atoms with Crippen molar-refractivity contribution >= 4 is 6.09 Å². The van der Waals surface area contributed by atoms with Crippen LogP contribution in [0.2, 0.25) is 0 Å². The number of amides is 1. The summed E-state index contributed by atoms with van der Waals surface area (Å²) in [4.78, 5) is 13.7. The van der Waals surface area contributed by atoms with Crippen molar-refractivity contribution in [1.29, 1.82) is 0 Å². The number of ether oxygens (including phenoxy) is 2. The van der Waals surface area contributed by atoms with Crippen LogP contribution in [0.3, 0.4) is 0 Å². The average Bonchev–Trinajstić information content (AvgIpc) is 2.77. The number of hydrogen-bond donors (Lipinski definition) is 1. The fourth-order valence-electron chi connectivity index (χ4n) is 2.52. The van der Waals surface area contributed by atoms with Gasteiger partial charge in [0.15, 0.2) is 0 Å². The fourth-order valence-corrected chi connectivity index (χ4v) is 2.52. The zero-order valence-corrected chi connectivity index (χ0v) is 12.3. The lowest BCUT2D eigenvalue weighted by Crippen LogP contribution is -2.44. The Morgan fingerprint density at radius 2 is 2.11 bits per heavy atom. The SMILES string of the molecule is CC(C)(C)OC(=O)N1CCC(NC2CCCCO2)C1. The van der Waals surface area contributed by atoms with Crippen molar-refractivity contribution in [2.75, 3.05) is 19.7 Å². The number of rotatable bonds is 2. The zero-order valence-electron chi connectivity index (χ0n) is 12.3. The third-order valence-corrected chi connectivity index (χ3v) is 3.44. The van der Waals surface area contributed by atoms with Crippen LogP contribution in [-0.2, 0) is 9.47 Å². The van der Waals surface area contributed by atoms with Crippen LogP contribution in [0.25, 0.3) is 0 Å². The van der Waals surface area contributed by atoms with Crippen molar-refractivity contribution in [3.8, 4) is 0 Å². The van der Waals surface area contributed by atoms with Gasteiger partial charge in [-0.3, -0.25) is 5.32 Å². The summed E-state index contributed by atoms with van der Waals surface area (Å²) in [7, 11) is 0. The van der Waals surface area contributed by atoms with Crippen LogP contribution >= 0.6 is 0 Å². The molecule has 0 bridgehead atoms. The van der Waals surface area contributed by atoms with E-state index >= 15 is 0 Å². The summed E-state index contributed by atoms with van der Waals surface area (Å²) in [5, 5.41) is 3.49. The Morgan fingerprint density at radius 3 is 2.74 bits per heavy atom. The zero-order chi connectivity index (χ0) is 13.9. The minimum atomic E-state index is -0.422. The molecule has 19 heavy (non-hydrogen) atoms. The van der Waals surface area contributed by atoms with Gasteiger partial charge in [-0.05, 0) is 46.5 Å². The highest BCUT2D eigenvalue weighted by molar-refractivity contribution is 5.68. The molecule has 0 aliphatic carbocycles. The lowest BCUT2D eigenvalue weighted by Gasteiger charge is -2.27. The van der Waals surface area contributed by atoms with Crippen molar-refractivity contribution in [3.63, 3.8) is 0 Å². The van der Waals surface area contributed by atoms with Crippen LogP contribution < -0.4 is 5.32 Å². The topological polar surface area (TPSA) is 50.8 Å². The minimum absolute atomic E-state index is 0.164. The Hall–Kier alpha value is -0.810. The largest absolute Gasteiger partial charge is 0.444 e. The van der Waals surface area contributed by atoms with E-state index in [0.29, 0.717) is 6.04 Å². The molecule has 5 nitrogen and oxygen atoms in total. The molecule has 2 atom stereocenters. The molecular formula is C14H26N2O3.